The van der Waals surface area contributed by atoms with Crippen molar-refractivity contribution in [2.75, 3.05) is 43.5 Å². The molecule has 0 amide bonds. The monoisotopic (exact) mass is 457 g/mol. The van der Waals surface area contributed by atoms with E-state index in [9.17, 15) is 0 Å². The van der Waals surface area contributed by atoms with E-state index in [1.165, 1.54) is 42.3 Å². The third kappa shape index (κ3) is 4.43. The Hall–Kier alpha value is -2.86. The molecule has 6 rings (SSSR count). The van der Waals surface area contributed by atoms with Crippen LogP contribution in [-0.4, -0.2) is 49.3 Å². The quantitative estimate of drug-likeness (QED) is 0.539. The molecule has 1 saturated carbocycles. The third-order valence-electron chi connectivity index (χ3n) is 7.72. The topological polar surface area (TPSA) is 62.3 Å². The molecule has 34 heavy (non-hydrogen) atoms. The van der Waals surface area contributed by atoms with E-state index in [4.69, 9.17) is 14.7 Å². The lowest BCUT2D eigenvalue weighted by atomic mass is 9.88. The molecular weight excluding hydrogens is 422 g/mol. The Labute approximate surface area is 202 Å². The van der Waals surface area contributed by atoms with Gasteiger partial charge in [-0.15, -0.1) is 0 Å². The van der Waals surface area contributed by atoms with Crippen LogP contribution in [0.25, 0.3) is 10.9 Å². The van der Waals surface area contributed by atoms with E-state index >= 15 is 0 Å². The highest BCUT2D eigenvalue weighted by Gasteiger charge is 2.30. The van der Waals surface area contributed by atoms with Crippen LogP contribution < -0.4 is 20.3 Å². The van der Waals surface area contributed by atoms with Crippen molar-refractivity contribution in [3.8, 4) is 5.75 Å². The Morgan fingerprint density at radius 1 is 0.912 bits per heavy atom. The van der Waals surface area contributed by atoms with Gasteiger partial charge in [0.15, 0.2) is 0 Å². The largest absolute Gasteiger partial charge is 0.496 e. The minimum absolute atomic E-state index is 0.528. The van der Waals surface area contributed by atoms with E-state index in [2.05, 4.69) is 58.0 Å². The number of hydrogen-bond donors (Lipinski definition) is 2. The summed E-state index contributed by atoms with van der Waals surface area (Å²) in [6.45, 7) is 4.19. The molecule has 3 fully saturated rings. The van der Waals surface area contributed by atoms with Crippen LogP contribution in [0, 0.1) is 0 Å². The standard InChI is InChI=1S/C28H35N5O/c1-34-26-5-3-2-4-23(26)19-12-16-33(17-13-19)28-24-18-22(30-21-10-14-29-15-11-21)8-9-25(24)31-27(32-28)20-6-7-20/h2-5,8-9,18-21,29-30H,6-7,10-17H2,1H3. The predicted octanol–water partition coefficient (Wildman–Crippen LogP) is 5.06. The molecule has 3 aromatic rings. The fraction of sp³-hybridized carbons (Fsp3) is 0.500. The van der Waals surface area contributed by atoms with Gasteiger partial charge in [0.05, 0.1) is 12.6 Å². The van der Waals surface area contributed by atoms with Crippen LogP contribution in [0.2, 0.25) is 0 Å². The molecule has 0 atom stereocenters. The summed E-state index contributed by atoms with van der Waals surface area (Å²) in [6, 6.07) is 15.7. The Balaban J connectivity index is 1.27. The van der Waals surface area contributed by atoms with Crippen molar-refractivity contribution in [1.29, 1.82) is 0 Å². The minimum Gasteiger partial charge on any atom is -0.496 e. The van der Waals surface area contributed by atoms with Crippen molar-refractivity contribution in [1.82, 2.24) is 15.3 Å². The number of benzene rings is 2. The van der Waals surface area contributed by atoms with Gasteiger partial charge in [-0.3, -0.25) is 0 Å². The van der Waals surface area contributed by atoms with Gasteiger partial charge in [-0.1, -0.05) is 18.2 Å². The normalized spacial score (nSPS) is 20.0. The van der Waals surface area contributed by atoms with Crippen molar-refractivity contribution in [2.24, 2.45) is 0 Å². The molecule has 6 heteroatoms. The Kier molecular flexibility index (Phi) is 6.00. The molecule has 2 aromatic carbocycles. The lowest BCUT2D eigenvalue weighted by Gasteiger charge is -2.34. The van der Waals surface area contributed by atoms with Gasteiger partial charge in [0.1, 0.15) is 17.4 Å². The lowest BCUT2D eigenvalue weighted by Crippen LogP contribution is -2.35. The summed E-state index contributed by atoms with van der Waals surface area (Å²) in [6.07, 6.45) is 6.98. The average Bonchev–Trinajstić information content (AvgIpc) is 3.75. The molecule has 1 aliphatic carbocycles. The molecule has 178 valence electrons. The van der Waals surface area contributed by atoms with Crippen LogP contribution in [0.4, 0.5) is 11.5 Å². The highest BCUT2D eigenvalue weighted by Crippen LogP contribution is 2.41. The van der Waals surface area contributed by atoms with E-state index in [0.717, 1.165) is 61.9 Å². The summed E-state index contributed by atoms with van der Waals surface area (Å²) in [5.74, 6) is 4.24. The summed E-state index contributed by atoms with van der Waals surface area (Å²) in [5, 5.41) is 8.40. The molecule has 1 aromatic heterocycles. The van der Waals surface area contributed by atoms with Gasteiger partial charge in [0.25, 0.3) is 0 Å². The molecule has 0 radical (unpaired) electrons. The van der Waals surface area contributed by atoms with Gasteiger partial charge in [-0.25, -0.2) is 9.97 Å². The van der Waals surface area contributed by atoms with Crippen LogP contribution in [0.1, 0.15) is 61.7 Å². The number of para-hydroxylation sites is 1. The van der Waals surface area contributed by atoms with Crippen molar-refractivity contribution in [3.63, 3.8) is 0 Å². The molecule has 2 N–H and O–H groups in total. The number of methoxy groups -OCH3 is 1. The van der Waals surface area contributed by atoms with E-state index in [1.54, 1.807) is 7.11 Å². The summed E-state index contributed by atoms with van der Waals surface area (Å²) in [5.41, 5.74) is 3.60. The highest BCUT2D eigenvalue weighted by molar-refractivity contribution is 5.92. The maximum atomic E-state index is 5.65. The smallest absolute Gasteiger partial charge is 0.140 e. The summed E-state index contributed by atoms with van der Waals surface area (Å²) in [4.78, 5) is 12.6. The van der Waals surface area contributed by atoms with Crippen molar-refractivity contribution in [3.05, 3.63) is 53.9 Å². The number of hydrogen-bond acceptors (Lipinski definition) is 6. The zero-order valence-corrected chi connectivity index (χ0v) is 20.1. The molecule has 3 aliphatic rings. The molecule has 0 unspecified atom stereocenters. The van der Waals surface area contributed by atoms with Crippen LogP contribution in [0.5, 0.6) is 5.75 Å². The molecule has 0 spiro atoms. The number of fused-ring (bicyclic) bond motifs is 1. The zero-order chi connectivity index (χ0) is 22.9. The Morgan fingerprint density at radius 3 is 2.47 bits per heavy atom. The van der Waals surface area contributed by atoms with Crippen molar-refractivity contribution < 1.29 is 4.74 Å². The fourth-order valence-corrected chi connectivity index (χ4v) is 5.59. The Bertz CT molecular complexity index is 1150. The molecule has 0 bridgehead atoms. The molecule has 3 heterocycles. The van der Waals surface area contributed by atoms with Crippen LogP contribution in [-0.2, 0) is 0 Å². The van der Waals surface area contributed by atoms with E-state index < -0.39 is 0 Å². The summed E-state index contributed by atoms with van der Waals surface area (Å²) in [7, 11) is 1.77. The second-order valence-corrected chi connectivity index (χ2v) is 10.1. The molecule has 6 nitrogen and oxygen atoms in total. The average molecular weight is 458 g/mol. The van der Waals surface area contributed by atoms with Gasteiger partial charge in [0, 0.05) is 36.1 Å². The molecule has 2 aliphatic heterocycles. The van der Waals surface area contributed by atoms with Crippen LogP contribution in [0.3, 0.4) is 0 Å². The van der Waals surface area contributed by atoms with Gasteiger partial charge in [-0.2, -0.15) is 0 Å². The summed E-state index contributed by atoms with van der Waals surface area (Å²) >= 11 is 0. The molecule has 2 saturated heterocycles. The number of piperidine rings is 2. The van der Waals surface area contributed by atoms with Crippen LogP contribution in [0.15, 0.2) is 42.5 Å². The van der Waals surface area contributed by atoms with E-state index in [0.29, 0.717) is 17.9 Å². The maximum absolute atomic E-state index is 5.65. The van der Waals surface area contributed by atoms with Crippen LogP contribution >= 0.6 is 0 Å². The second-order valence-electron chi connectivity index (χ2n) is 10.1. The van der Waals surface area contributed by atoms with Gasteiger partial charge in [0.2, 0.25) is 0 Å². The number of aromatic nitrogens is 2. The number of anilines is 2. The number of rotatable bonds is 6. The zero-order valence-electron chi connectivity index (χ0n) is 20.1. The maximum Gasteiger partial charge on any atom is 0.140 e. The van der Waals surface area contributed by atoms with E-state index in [1.807, 2.05) is 0 Å². The minimum atomic E-state index is 0.528. The number of nitrogens with one attached hydrogen (secondary N) is 2. The Morgan fingerprint density at radius 2 is 1.71 bits per heavy atom. The first-order chi connectivity index (χ1) is 16.8. The number of nitrogens with zero attached hydrogens (tertiary/aromatic N) is 3. The first-order valence-corrected chi connectivity index (χ1v) is 13.0. The van der Waals surface area contributed by atoms with Gasteiger partial charge < -0.3 is 20.3 Å². The SMILES string of the molecule is COc1ccccc1C1CCN(c2nc(C3CC3)nc3ccc(NC4CCNCC4)cc23)CC1. The van der Waals surface area contributed by atoms with Crippen molar-refractivity contribution >= 4 is 22.4 Å². The first-order valence-electron chi connectivity index (χ1n) is 13.0. The third-order valence-corrected chi connectivity index (χ3v) is 7.72. The second kappa shape index (κ2) is 9.41. The van der Waals surface area contributed by atoms with Crippen molar-refractivity contribution in [2.45, 2.75) is 56.4 Å². The number of ether oxygens (including phenoxy) is 1. The first kappa shape index (κ1) is 21.7. The lowest BCUT2D eigenvalue weighted by molar-refractivity contribution is 0.397. The predicted molar refractivity (Wildman–Crippen MR) is 138 cm³/mol. The highest BCUT2D eigenvalue weighted by atomic mass is 16.5. The van der Waals surface area contributed by atoms with Gasteiger partial charge in [-0.05, 0) is 87.4 Å². The molecular formula is C28H35N5O. The fourth-order valence-electron chi connectivity index (χ4n) is 5.59. The van der Waals surface area contributed by atoms with Gasteiger partial charge >= 0.3 is 0 Å². The van der Waals surface area contributed by atoms with E-state index in [-0.39, 0.29) is 0 Å². The summed E-state index contributed by atoms with van der Waals surface area (Å²) < 4.78 is 5.65.